The largest absolute Gasteiger partial charge is 0.346 e. The predicted octanol–water partition coefficient (Wildman–Crippen LogP) is 1.61. The zero-order chi connectivity index (χ0) is 19.7. The monoisotopic (exact) mass is 395 g/mol. The SMILES string of the molecule is Cc1ccc2nc(-c3ccc(NC(=O)[C@@H](C)[NH+]4CCNC(=O)C4)cc3)sc2c1. The van der Waals surface area contributed by atoms with E-state index in [9.17, 15) is 9.59 Å². The van der Waals surface area contributed by atoms with E-state index in [1.165, 1.54) is 10.3 Å². The molecule has 3 aromatic rings. The number of amides is 2. The van der Waals surface area contributed by atoms with Crippen molar-refractivity contribution in [1.82, 2.24) is 10.3 Å². The summed E-state index contributed by atoms with van der Waals surface area (Å²) in [5, 5.41) is 6.72. The molecule has 0 saturated carbocycles. The second-order valence-electron chi connectivity index (χ2n) is 7.21. The highest BCUT2D eigenvalue weighted by atomic mass is 32.1. The molecular formula is C21H23N4O2S+. The van der Waals surface area contributed by atoms with Crippen LogP contribution in [-0.2, 0) is 9.59 Å². The molecule has 4 rings (SSSR count). The standard InChI is InChI=1S/C21H22N4O2S/c1-13-3-8-17-18(11-13)28-21(24-17)15-4-6-16(7-5-15)23-20(27)14(2)25-10-9-22-19(26)12-25/h3-8,11,14H,9-10,12H2,1-2H3,(H,22,26)(H,23,27)/p+1/t14-/m1/s1. The summed E-state index contributed by atoms with van der Waals surface area (Å²) in [5.41, 5.74) is 4.01. The lowest BCUT2D eigenvalue weighted by molar-refractivity contribution is -0.907. The van der Waals surface area contributed by atoms with Crippen molar-refractivity contribution in [2.24, 2.45) is 0 Å². The summed E-state index contributed by atoms with van der Waals surface area (Å²) in [5.74, 6) is -0.0795. The molecule has 0 aliphatic carbocycles. The van der Waals surface area contributed by atoms with Crippen molar-refractivity contribution >= 4 is 39.1 Å². The molecule has 0 bridgehead atoms. The van der Waals surface area contributed by atoms with E-state index >= 15 is 0 Å². The van der Waals surface area contributed by atoms with E-state index in [4.69, 9.17) is 4.98 Å². The van der Waals surface area contributed by atoms with E-state index in [1.54, 1.807) is 11.3 Å². The Morgan fingerprint density at radius 2 is 2.04 bits per heavy atom. The highest BCUT2D eigenvalue weighted by molar-refractivity contribution is 7.21. The van der Waals surface area contributed by atoms with Gasteiger partial charge in [-0.05, 0) is 55.8 Å². The van der Waals surface area contributed by atoms with Gasteiger partial charge in [0.2, 0.25) is 0 Å². The fourth-order valence-electron chi connectivity index (χ4n) is 3.38. The van der Waals surface area contributed by atoms with E-state index in [0.29, 0.717) is 13.1 Å². The molecule has 0 radical (unpaired) electrons. The summed E-state index contributed by atoms with van der Waals surface area (Å²) in [6, 6.07) is 13.7. The Morgan fingerprint density at radius 3 is 2.79 bits per heavy atom. The number of fused-ring (bicyclic) bond motifs is 1. The molecular weight excluding hydrogens is 372 g/mol. The van der Waals surface area contributed by atoms with Crippen molar-refractivity contribution in [2.45, 2.75) is 19.9 Å². The van der Waals surface area contributed by atoms with Crippen molar-refractivity contribution in [1.29, 1.82) is 0 Å². The second-order valence-corrected chi connectivity index (χ2v) is 8.24. The summed E-state index contributed by atoms with van der Waals surface area (Å²) in [6.45, 7) is 5.65. The molecule has 1 saturated heterocycles. The summed E-state index contributed by atoms with van der Waals surface area (Å²) >= 11 is 1.67. The molecule has 6 nitrogen and oxygen atoms in total. The molecule has 1 aliphatic rings. The lowest BCUT2D eigenvalue weighted by Crippen LogP contribution is -3.19. The van der Waals surface area contributed by atoms with Gasteiger partial charge in [-0.25, -0.2) is 4.98 Å². The average molecular weight is 396 g/mol. The molecule has 1 aromatic heterocycles. The Kier molecular flexibility index (Phi) is 5.11. The number of nitrogens with one attached hydrogen (secondary N) is 3. The molecule has 3 N–H and O–H groups in total. The van der Waals surface area contributed by atoms with Gasteiger partial charge in [-0.2, -0.15) is 0 Å². The van der Waals surface area contributed by atoms with Crippen LogP contribution in [0.15, 0.2) is 42.5 Å². The molecule has 0 spiro atoms. The third-order valence-electron chi connectivity index (χ3n) is 5.10. The minimum Gasteiger partial charge on any atom is -0.346 e. The Labute approximate surface area is 167 Å². The smallest absolute Gasteiger partial charge is 0.282 e. The van der Waals surface area contributed by atoms with Gasteiger partial charge in [0.15, 0.2) is 12.6 Å². The predicted molar refractivity (Wildman–Crippen MR) is 112 cm³/mol. The number of anilines is 1. The molecule has 2 atom stereocenters. The van der Waals surface area contributed by atoms with Crippen molar-refractivity contribution in [3.05, 3.63) is 48.0 Å². The van der Waals surface area contributed by atoms with E-state index in [0.717, 1.165) is 33.2 Å². The van der Waals surface area contributed by atoms with Gasteiger partial charge in [0.1, 0.15) is 5.01 Å². The van der Waals surface area contributed by atoms with Crippen LogP contribution in [0, 0.1) is 6.92 Å². The number of benzene rings is 2. The Bertz CT molecular complexity index is 1030. The first-order valence-electron chi connectivity index (χ1n) is 9.39. The van der Waals surface area contributed by atoms with E-state index in [-0.39, 0.29) is 17.9 Å². The van der Waals surface area contributed by atoms with Crippen LogP contribution < -0.4 is 15.5 Å². The molecule has 2 heterocycles. The number of carbonyl (C=O) groups excluding carboxylic acids is 2. The van der Waals surface area contributed by atoms with Gasteiger partial charge >= 0.3 is 0 Å². The van der Waals surface area contributed by atoms with Crippen LogP contribution in [-0.4, -0.2) is 42.5 Å². The summed E-state index contributed by atoms with van der Waals surface area (Å²) in [7, 11) is 0. The lowest BCUT2D eigenvalue weighted by Gasteiger charge is -2.28. The molecule has 1 fully saturated rings. The fourth-order valence-corrected chi connectivity index (χ4v) is 4.45. The van der Waals surface area contributed by atoms with E-state index in [1.807, 2.05) is 37.3 Å². The van der Waals surface area contributed by atoms with Crippen LogP contribution in [0.3, 0.4) is 0 Å². The first-order valence-corrected chi connectivity index (χ1v) is 10.2. The number of aryl methyl sites for hydroxylation is 1. The van der Waals surface area contributed by atoms with E-state index < -0.39 is 0 Å². The van der Waals surface area contributed by atoms with Gasteiger partial charge in [-0.1, -0.05) is 6.07 Å². The number of carbonyl (C=O) groups is 2. The average Bonchev–Trinajstić information content (AvgIpc) is 3.11. The minimum atomic E-state index is -0.279. The highest BCUT2D eigenvalue weighted by Crippen LogP contribution is 2.31. The van der Waals surface area contributed by atoms with Gasteiger partial charge in [0.25, 0.3) is 11.8 Å². The normalized spacial score (nSPS) is 17.9. The van der Waals surface area contributed by atoms with Gasteiger partial charge in [-0.15, -0.1) is 11.3 Å². The Balaban J connectivity index is 1.45. The topological polar surface area (TPSA) is 75.5 Å². The van der Waals surface area contributed by atoms with Gasteiger partial charge in [0.05, 0.1) is 23.3 Å². The van der Waals surface area contributed by atoms with Gasteiger partial charge in [0, 0.05) is 11.3 Å². The van der Waals surface area contributed by atoms with Crippen LogP contribution in [0.5, 0.6) is 0 Å². The maximum Gasteiger partial charge on any atom is 0.282 e. The maximum absolute atomic E-state index is 12.5. The summed E-state index contributed by atoms with van der Waals surface area (Å²) in [4.78, 5) is 29.8. The molecule has 7 heteroatoms. The maximum atomic E-state index is 12.5. The molecule has 2 aromatic carbocycles. The van der Waals surface area contributed by atoms with Crippen molar-refractivity contribution in [3.63, 3.8) is 0 Å². The van der Waals surface area contributed by atoms with Crippen LogP contribution in [0.4, 0.5) is 5.69 Å². The van der Waals surface area contributed by atoms with Crippen LogP contribution in [0.2, 0.25) is 0 Å². The number of hydrogen-bond acceptors (Lipinski definition) is 4. The lowest BCUT2D eigenvalue weighted by atomic mass is 10.2. The molecule has 28 heavy (non-hydrogen) atoms. The van der Waals surface area contributed by atoms with E-state index in [2.05, 4.69) is 29.7 Å². The molecule has 144 valence electrons. The second kappa shape index (κ2) is 7.69. The molecule has 2 amide bonds. The first-order chi connectivity index (χ1) is 13.5. The first kappa shape index (κ1) is 18.6. The minimum absolute atomic E-state index is 0.00344. The molecule has 1 aliphatic heterocycles. The summed E-state index contributed by atoms with van der Waals surface area (Å²) in [6.07, 6.45) is 0. The van der Waals surface area contributed by atoms with Gasteiger partial charge < -0.3 is 15.5 Å². The zero-order valence-corrected chi connectivity index (χ0v) is 16.7. The van der Waals surface area contributed by atoms with Crippen LogP contribution in [0.25, 0.3) is 20.8 Å². The van der Waals surface area contributed by atoms with Crippen LogP contribution >= 0.6 is 11.3 Å². The third-order valence-corrected chi connectivity index (χ3v) is 6.17. The number of piperazine rings is 1. The summed E-state index contributed by atoms with van der Waals surface area (Å²) < 4.78 is 1.18. The van der Waals surface area contributed by atoms with Crippen LogP contribution in [0.1, 0.15) is 12.5 Å². The Morgan fingerprint density at radius 1 is 1.25 bits per heavy atom. The number of nitrogens with zero attached hydrogens (tertiary/aromatic N) is 1. The molecule has 1 unspecified atom stereocenters. The number of thiazole rings is 1. The van der Waals surface area contributed by atoms with Crippen molar-refractivity contribution < 1.29 is 14.5 Å². The third kappa shape index (κ3) is 3.90. The Hall–Kier alpha value is -2.77. The van der Waals surface area contributed by atoms with Crippen molar-refractivity contribution in [3.8, 4) is 10.6 Å². The zero-order valence-electron chi connectivity index (χ0n) is 15.9. The highest BCUT2D eigenvalue weighted by Gasteiger charge is 2.29. The quantitative estimate of drug-likeness (QED) is 0.628. The van der Waals surface area contributed by atoms with Crippen molar-refractivity contribution in [2.75, 3.05) is 25.0 Å². The number of hydrogen-bond donors (Lipinski definition) is 3. The number of rotatable bonds is 4. The number of aromatic nitrogens is 1. The fraction of sp³-hybridized carbons (Fsp3) is 0.286. The van der Waals surface area contributed by atoms with Gasteiger partial charge in [-0.3, -0.25) is 9.59 Å². The number of quaternary nitrogens is 1.